The highest BCUT2D eigenvalue weighted by Gasteiger charge is 2.70. The van der Waals surface area contributed by atoms with E-state index in [1.807, 2.05) is 6.92 Å². The van der Waals surface area contributed by atoms with Gasteiger partial charge in [-0.3, -0.25) is 4.79 Å². The summed E-state index contributed by atoms with van der Waals surface area (Å²) in [6.07, 6.45) is -16.1. The number of aliphatic carboxylic acids is 1. The summed E-state index contributed by atoms with van der Waals surface area (Å²) in [5.74, 6) is -0.641. The van der Waals surface area contributed by atoms with Gasteiger partial charge in [0.1, 0.15) is 73.2 Å². The number of carbonyl (C=O) groups is 1. The first-order valence-corrected chi connectivity index (χ1v) is 24.5. The van der Waals surface area contributed by atoms with Gasteiger partial charge in [0.15, 0.2) is 18.9 Å². The van der Waals surface area contributed by atoms with Crippen LogP contribution in [0.25, 0.3) is 0 Å². The molecule has 384 valence electrons. The molecule has 19 heteroatoms. The number of aliphatic hydroxyl groups excluding tert-OH is 11. The van der Waals surface area contributed by atoms with Gasteiger partial charge in [-0.25, -0.2) is 0 Å². The topological polar surface area (TPSA) is 315 Å². The molecule has 0 aromatic heterocycles. The first-order chi connectivity index (χ1) is 31.4. The van der Waals surface area contributed by atoms with Gasteiger partial charge in [-0.15, -0.1) is 0 Å². The maximum absolute atomic E-state index is 13.2. The second-order valence-electron chi connectivity index (χ2n) is 23.4. The molecule has 0 amide bonds. The van der Waals surface area contributed by atoms with Crippen molar-refractivity contribution < 1.29 is 94.5 Å². The number of hydrogen-bond acceptors (Lipinski definition) is 18. The van der Waals surface area contributed by atoms with Crippen LogP contribution in [0.15, 0.2) is 11.6 Å². The van der Waals surface area contributed by atoms with Crippen molar-refractivity contribution in [3.63, 3.8) is 0 Å². The van der Waals surface area contributed by atoms with E-state index in [4.69, 9.17) is 28.4 Å². The number of fused-ring (bicyclic) bond motifs is 7. The molecular formula is C48H78O19. The van der Waals surface area contributed by atoms with Gasteiger partial charge in [0.25, 0.3) is 0 Å². The fourth-order valence-corrected chi connectivity index (χ4v) is 15.0. The van der Waals surface area contributed by atoms with E-state index < -0.39 is 135 Å². The average Bonchev–Trinajstić information content (AvgIpc) is 3.28. The molecule has 7 fully saturated rings. The molecule has 24 atom stereocenters. The SMILES string of the molecule is CC1(C)CCC2(C(=O)O)CCC3(C)C(=CCC4C5(C)CCC(OC6OC(COC7OC(CO)C(O)C(O)C7O)C(O)C(O)C6OC6OC(CO)C(O)C(O)C6O)C(C)(CO)C5CCC43C)C2C1. The molecule has 8 aliphatic rings. The lowest BCUT2D eigenvalue weighted by Gasteiger charge is -2.71. The van der Waals surface area contributed by atoms with Gasteiger partial charge in [0.2, 0.25) is 0 Å². The molecule has 3 heterocycles. The van der Waals surface area contributed by atoms with Crippen LogP contribution < -0.4 is 0 Å². The van der Waals surface area contributed by atoms with Gasteiger partial charge < -0.3 is 89.7 Å². The predicted molar refractivity (Wildman–Crippen MR) is 232 cm³/mol. The van der Waals surface area contributed by atoms with E-state index in [1.165, 1.54) is 5.57 Å². The monoisotopic (exact) mass is 959 g/mol. The third-order valence-electron chi connectivity index (χ3n) is 19.5. The minimum absolute atomic E-state index is 0.0256. The minimum atomic E-state index is -1.88. The summed E-state index contributed by atoms with van der Waals surface area (Å²) in [6.45, 7) is 11.2. The highest BCUT2D eigenvalue weighted by Crippen LogP contribution is 2.76. The number of carboxylic acids is 1. The summed E-state index contributed by atoms with van der Waals surface area (Å²) in [7, 11) is 0. The molecular weight excluding hydrogens is 881 g/mol. The maximum Gasteiger partial charge on any atom is 0.310 e. The summed E-state index contributed by atoms with van der Waals surface area (Å²) in [5.41, 5.74) is -1.07. The molecule has 0 spiro atoms. The molecule has 8 rings (SSSR count). The van der Waals surface area contributed by atoms with Gasteiger partial charge in [-0.1, -0.05) is 53.2 Å². The molecule has 3 aliphatic heterocycles. The van der Waals surface area contributed by atoms with Crippen LogP contribution in [0.2, 0.25) is 0 Å². The number of allylic oxidation sites excluding steroid dienone is 2. The third-order valence-corrected chi connectivity index (χ3v) is 19.5. The first-order valence-electron chi connectivity index (χ1n) is 24.5. The summed E-state index contributed by atoms with van der Waals surface area (Å²) in [6, 6.07) is 0. The van der Waals surface area contributed by atoms with E-state index in [-0.39, 0.29) is 46.0 Å². The van der Waals surface area contributed by atoms with Gasteiger partial charge >= 0.3 is 5.97 Å². The van der Waals surface area contributed by atoms with E-state index >= 15 is 0 Å². The molecule has 0 radical (unpaired) electrons. The van der Waals surface area contributed by atoms with Crippen LogP contribution in [0.3, 0.4) is 0 Å². The smallest absolute Gasteiger partial charge is 0.310 e. The van der Waals surface area contributed by atoms with Crippen molar-refractivity contribution in [1.82, 2.24) is 0 Å². The third kappa shape index (κ3) is 8.19. The Bertz CT molecular complexity index is 1810. The lowest BCUT2D eigenvalue weighted by atomic mass is 9.33. The summed E-state index contributed by atoms with van der Waals surface area (Å²) >= 11 is 0. The Morgan fingerprint density at radius 2 is 1.22 bits per heavy atom. The molecule has 24 unspecified atom stereocenters. The predicted octanol–water partition coefficient (Wildman–Crippen LogP) is -0.321. The largest absolute Gasteiger partial charge is 0.481 e. The van der Waals surface area contributed by atoms with E-state index in [2.05, 4.69) is 40.7 Å². The van der Waals surface area contributed by atoms with Crippen LogP contribution in [0.4, 0.5) is 0 Å². The molecule has 0 aromatic carbocycles. The van der Waals surface area contributed by atoms with Crippen molar-refractivity contribution in [2.24, 2.45) is 50.2 Å². The normalized spacial score (nSPS) is 54.2. The van der Waals surface area contributed by atoms with Crippen molar-refractivity contribution in [3.8, 4) is 0 Å². The Kier molecular flexibility index (Phi) is 14.4. The van der Waals surface area contributed by atoms with Crippen molar-refractivity contribution in [2.75, 3.05) is 26.4 Å². The fraction of sp³-hybridized carbons (Fsp3) is 0.938. The van der Waals surface area contributed by atoms with Crippen LogP contribution in [0.5, 0.6) is 0 Å². The fourth-order valence-electron chi connectivity index (χ4n) is 15.0. The molecule has 0 aromatic rings. The Morgan fingerprint density at radius 1 is 0.642 bits per heavy atom. The number of ether oxygens (including phenoxy) is 6. The number of rotatable bonds is 11. The Morgan fingerprint density at radius 3 is 1.84 bits per heavy atom. The zero-order chi connectivity index (χ0) is 49.0. The lowest BCUT2D eigenvalue weighted by Crippen LogP contribution is -2.68. The second-order valence-corrected chi connectivity index (χ2v) is 23.4. The minimum Gasteiger partial charge on any atom is -0.481 e. The van der Waals surface area contributed by atoms with E-state index in [1.54, 1.807) is 0 Å². The van der Waals surface area contributed by atoms with Crippen LogP contribution >= 0.6 is 0 Å². The number of hydrogen-bond donors (Lipinski definition) is 12. The van der Waals surface area contributed by atoms with Gasteiger partial charge in [-0.05, 0) is 104 Å². The molecule has 5 aliphatic carbocycles. The lowest BCUT2D eigenvalue weighted by molar-refractivity contribution is -0.383. The average molecular weight is 959 g/mol. The van der Waals surface area contributed by atoms with Crippen molar-refractivity contribution >= 4 is 5.97 Å². The zero-order valence-corrected chi connectivity index (χ0v) is 39.7. The quantitative estimate of drug-likeness (QED) is 0.0933. The van der Waals surface area contributed by atoms with Gasteiger partial charge in [0.05, 0.1) is 37.9 Å². The highest BCUT2D eigenvalue weighted by molar-refractivity contribution is 5.76. The molecule has 0 bridgehead atoms. The maximum atomic E-state index is 13.2. The van der Waals surface area contributed by atoms with Gasteiger partial charge in [0, 0.05) is 5.41 Å². The zero-order valence-electron chi connectivity index (χ0n) is 39.7. The second kappa shape index (κ2) is 18.5. The first kappa shape index (κ1) is 51.9. The Labute approximate surface area is 392 Å². The van der Waals surface area contributed by atoms with Crippen LogP contribution in [-0.4, -0.2) is 192 Å². The Balaban J connectivity index is 1.07. The molecule has 67 heavy (non-hydrogen) atoms. The molecule has 12 N–H and O–H groups in total. The van der Waals surface area contributed by atoms with Crippen LogP contribution in [0, 0.1) is 50.2 Å². The molecule has 3 saturated heterocycles. The highest BCUT2D eigenvalue weighted by atomic mass is 16.8. The van der Waals surface area contributed by atoms with Crippen molar-refractivity contribution in [3.05, 3.63) is 11.6 Å². The van der Waals surface area contributed by atoms with Crippen molar-refractivity contribution in [1.29, 1.82) is 0 Å². The molecule has 19 nitrogen and oxygen atoms in total. The number of aliphatic hydroxyl groups is 11. The van der Waals surface area contributed by atoms with E-state index in [0.717, 1.165) is 38.5 Å². The van der Waals surface area contributed by atoms with Crippen LogP contribution in [0.1, 0.15) is 106 Å². The van der Waals surface area contributed by atoms with Crippen LogP contribution in [-0.2, 0) is 33.2 Å². The summed E-state index contributed by atoms with van der Waals surface area (Å²) in [4.78, 5) is 13.2. The van der Waals surface area contributed by atoms with Crippen molar-refractivity contribution in [2.45, 2.75) is 204 Å². The summed E-state index contributed by atoms with van der Waals surface area (Å²) in [5, 5.41) is 129. The van der Waals surface area contributed by atoms with E-state index in [9.17, 15) is 66.1 Å². The Hall–Kier alpha value is -1.47. The standard InChI is InChI=1S/C48H78O19/c1-43(2)13-15-48(42(60)61)16-14-46(5)22(23(48)17-43)7-8-28-44(3)11-10-29(45(4,21-51)27(44)9-12-47(28,46)6)66-41-38(67-40-37(59)34(56)31(53)25(19-50)64-40)35(57)32(54)26(65-41)20-62-39-36(58)33(55)30(52)24(18-49)63-39/h7,23-41,49-59H,8-21H2,1-6H3,(H,60,61). The van der Waals surface area contributed by atoms with Gasteiger partial charge in [-0.2, -0.15) is 0 Å². The van der Waals surface area contributed by atoms with E-state index in [0.29, 0.717) is 25.7 Å². The molecule has 4 saturated carbocycles. The summed E-state index contributed by atoms with van der Waals surface area (Å²) < 4.78 is 36.1. The number of carboxylic acid groups (broad SMARTS) is 1.